The third kappa shape index (κ3) is 4.54. The summed E-state index contributed by atoms with van der Waals surface area (Å²) < 4.78 is 14.6. The number of benzene rings is 2. The molecule has 0 atom stereocenters. The van der Waals surface area contributed by atoms with E-state index in [4.69, 9.17) is 12.2 Å². The molecule has 20 heavy (non-hydrogen) atoms. The van der Waals surface area contributed by atoms with E-state index in [1.54, 1.807) is 12.1 Å². The van der Waals surface area contributed by atoms with Crippen molar-refractivity contribution in [3.63, 3.8) is 0 Å². The van der Waals surface area contributed by atoms with E-state index in [0.717, 1.165) is 15.7 Å². The van der Waals surface area contributed by atoms with Crippen LogP contribution in [0.3, 0.4) is 0 Å². The van der Waals surface area contributed by atoms with Crippen LogP contribution in [0, 0.1) is 5.82 Å². The normalized spacial score (nSPS) is 10.2. The molecule has 2 aromatic rings. The number of anilines is 1. The van der Waals surface area contributed by atoms with Crippen molar-refractivity contribution >= 4 is 54.9 Å². The van der Waals surface area contributed by atoms with Crippen molar-refractivity contribution in [3.05, 3.63) is 62.8 Å². The van der Waals surface area contributed by atoms with E-state index in [1.807, 2.05) is 24.3 Å². The molecule has 0 fully saturated rings. The Bertz CT molecular complexity index is 617. The maximum atomic E-state index is 13.1. The number of hydrogen-bond acceptors (Lipinski definition) is 1. The lowest BCUT2D eigenvalue weighted by Crippen LogP contribution is -2.27. The van der Waals surface area contributed by atoms with E-state index in [0.29, 0.717) is 16.1 Å². The van der Waals surface area contributed by atoms with Crippen molar-refractivity contribution in [2.75, 3.05) is 5.32 Å². The third-order valence-corrected chi connectivity index (χ3v) is 3.92. The maximum Gasteiger partial charge on any atom is 0.171 e. The lowest BCUT2D eigenvalue weighted by Gasteiger charge is -2.11. The van der Waals surface area contributed by atoms with Gasteiger partial charge in [-0.05, 0) is 70.1 Å². The van der Waals surface area contributed by atoms with Crippen molar-refractivity contribution < 1.29 is 4.39 Å². The van der Waals surface area contributed by atoms with Gasteiger partial charge >= 0.3 is 0 Å². The summed E-state index contributed by atoms with van der Waals surface area (Å²) in [5.41, 5.74) is 1.85. The van der Waals surface area contributed by atoms with Gasteiger partial charge in [0.25, 0.3) is 0 Å². The molecule has 0 bridgehead atoms. The molecule has 2 rings (SSSR count). The molecule has 2 N–H and O–H groups in total. The second-order valence-corrected chi connectivity index (χ2v) is 6.24. The Morgan fingerprint density at radius 1 is 1.10 bits per heavy atom. The molecular formula is C14H11Br2FN2S. The molecule has 104 valence electrons. The lowest BCUT2D eigenvalue weighted by molar-refractivity contribution is 0.620. The summed E-state index contributed by atoms with van der Waals surface area (Å²) in [6, 6.07) is 12.6. The molecule has 6 heteroatoms. The number of hydrogen-bond donors (Lipinski definition) is 2. The van der Waals surface area contributed by atoms with E-state index in [-0.39, 0.29) is 5.82 Å². The molecule has 2 nitrogen and oxygen atoms in total. The van der Waals surface area contributed by atoms with Gasteiger partial charge in [0.2, 0.25) is 0 Å². The van der Waals surface area contributed by atoms with E-state index in [1.165, 1.54) is 6.07 Å². The summed E-state index contributed by atoms with van der Waals surface area (Å²) in [7, 11) is 0. The zero-order chi connectivity index (χ0) is 14.5. The minimum Gasteiger partial charge on any atom is -0.358 e. The van der Waals surface area contributed by atoms with Crippen molar-refractivity contribution in [3.8, 4) is 0 Å². The summed E-state index contributed by atoms with van der Waals surface area (Å²) in [6.45, 7) is 0.529. The highest BCUT2D eigenvalue weighted by molar-refractivity contribution is 9.10. The molecule has 0 saturated heterocycles. The van der Waals surface area contributed by atoms with Crippen LogP contribution >= 0.6 is 44.1 Å². The Kier molecular flexibility index (Phi) is 5.51. The number of thiocarbonyl (C=S) groups is 1. The van der Waals surface area contributed by atoms with Crippen LogP contribution in [0.4, 0.5) is 10.1 Å². The molecular weight excluding hydrogens is 407 g/mol. The molecule has 0 saturated carbocycles. The van der Waals surface area contributed by atoms with Crippen LogP contribution in [0.1, 0.15) is 5.56 Å². The number of rotatable bonds is 3. The molecule has 0 aromatic heterocycles. The zero-order valence-electron chi connectivity index (χ0n) is 10.3. The molecule has 0 aliphatic heterocycles. The smallest absolute Gasteiger partial charge is 0.171 e. The molecule has 0 unspecified atom stereocenters. The number of nitrogens with one attached hydrogen (secondary N) is 2. The molecule has 0 aliphatic carbocycles. The lowest BCUT2D eigenvalue weighted by atomic mass is 10.2. The Morgan fingerprint density at radius 2 is 1.80 bits per heavy atom. The second kappa shape index (κ2) is 7.15. The van der Waals surface area contributed by atoms with Gasteiger partial charge in [-0.25, -0.2) is 4.39 Å². The van der Waals surface area contributed by atoms with Crippen LogP contribution in [-0.2, 0) is 6.54 Å². The summed E-state index contributed by atoms with van der Waals surface area (Å²) in [6.07, 6.45) is 0. The van der Waals surface area contributed by atoms with Gasteiger partial charge in [-0.15, -0.1) is 0 Å². The summed E-state index contributed by atoms with van der Waals surface area (Å²) in [5, 5.41) is 6.67. The third-order valence-electron chi connectivity index (χ3n) is 2.54. The summed E-state index contributed by atoms with van der Waals surface area (Å²) in [5.74, 6) is -0.274. The van der Waals surface area contributed by atoms with Crippen molar-refractivity contribution in [1.29, 1.82) is 0 Å². The minimum atomic E-state index is -0.274. The van der Waals surface area contributed by atoms with Crippen molar-refractivity contribution in [1.82, 2.24) is 5.32 Å². The zero-order valence-corrected chi connectivity index (χ0v) is 14.3. The van der Waals surface area contributed by atoms with Gasteiger partial charge in [-0.3, -0.25) is 0 Å². The predicted molar refractivity (Wildman–Crippen MR) is 91.3 cm³/mol. The topological polar surface area (TPSA) is 24.1 Å². The first-order valence-electron chi connectivity index (χ1n) is 5.79. The first-order valence-corrected chi connectivity index (χ1v) is 7.78. The van der Waals surface area contributed by atoms with E-state index in [9.17, 15) is 4.39 Å². The summed E-state index contributed by atoms with van der Waals surface area (Å²) in [4.78, 5) is 0. The van der Waals surface area contributed by atoms with Crippen LogP contribution < -0.4 is 10.6 Å². The molecule has 0 heterocycles. The average Bonchev–Trinajstić information content (AvgIpc) is 2.43. The van der Waals surface area contributed by atoms with Crippen molar-refractivity contribution in [2.45, 2.75) is 6.54 Å². The fraction of sp³-hybridized carbons (Fsp3) is 0.0714. The highest BCUT2D eigenvalue weighted by Gasteiger charge is 2.02. The minimum absolute atomic E-state index is 0.274. The van der Waals surface area contributed by atoms with Crippen LogP contribution in [0.15, 0.2) is 51.4 Å². The standard InChI is InChI=1S/C14H11Br2FN2S/c15-10-2-4-11(5-3-10)19-14(20)18-8-9-1-6-13(17)12(16)7-9/h1-7H,8H2,(H2,18,19,20). The fourth-order valence-electron chi connectivity index (χ4n) is 1.54. The van der Waals surface area contributed by atoms with Gasteiger partial charge < -0.3 is 10.6 Å². The quantitative estimate of drug-likeness (QED) is 0.699. The second-order valence-electron chi connectivity index (χ2n) is 4.06. The Morgan fingerprint density at radius 3 is 2.45 bits per heavy atom. The van der Waals surface area contributed by atoms with Gasteiger partial charge in [0, 0.05) is 16.7 Å². The first kappa shape index (κ1) is 15.4. The monoisotopic (exact) mass is 416 g/mol. The van der Waals surface area contributed by atoms with Gasteiger partial charge in [0.1, 0.15) is 5.82 Å². The van der Waals surface area contributed by atoms with Gasteiger partial charge in [-0.1, -0.05) is 22.0 Å². The van der Waals surface area contributed by atoms with Gasteiger partial charge in [0.15, 0.2) is 5.11 Å². The van der Waals surface area contributed by atoms with Crippen LogP contribution in [0.25, 0.3) is 0 Å². The number of halogens is 3. The highest BCUT2D eigenvalue weighted by Crippen LogP contribution is 2.17. The largest absolute Gasteiger partial charge is 0.358 e. The van der Waals surface area contributed by atoms with E-state index >= 15 is 0 Å². The molecule has 0 radical (unpaired) electrons. The Balaban J connectivity index is 1.88. The first-order chi connectivity index (χ1) is 9.54. The Labute approximate surface area is 139 Å². The summed E-state index contributed by atoms with van der Waals surface area (Å²) >= 11 is 11.7. The van der Waals surface area contributed by atoms with Crippen molar-refractivity contribution in [2.24, 2.45) is 0 Å². The molecule has 0 spiro atoms. The van der Waals surface area contributed by atoms with Crippen LogP contribution in [0.2, 0.25) is 0 Å². The van der Waals surface area contributed by atoms with Crippen LogP contribution in [0.5, 0.6) is 0 Å². The van der Waals surface area contributed by atoms with E-state index < -0.39 is 0 Å². The molecule has 0 amide bonds. The van der Waals surface area contributed by atoms with Crippen LogP contribution in [-0.4, -0.2) is 5.11 Å². The maximum absolute atomic E-state index is 13.1. The van der Waals surface area contributed by atoms with Gasteiger partial charge in [-0.2, -0.15) is 0 Å². The Hall–Kier alpha value is -0.980. The van der Waals surface area contributed by atoms with E-state index in [2.05, 4.69) is 42.5 Å². The average molecular weight is 418 g/mol. The predicted octanol–water partition coefficient (Wildman–Crippen LogP) is 4.84. The molecule has 0 aliphatic rings. The highest BCUT2D eigenvalue weighted by atomic mass is 79.9. The SMILES string of the molecule is Fc1ccc(CNC(=S)Nc2ccc(Br)cc2)cc1Br. The molecule has 2 aromatic carbocycles. The fourth-order valence-corrected chi connectivity index (χ4v) is 2.42. The van der Waals surface area contributed by atoms with Gasteiger partial charge in [0.05, 0.1) is 4.47 Å².